The second-order valence-electron chi connectivity index (χ2n) is 4.10. The fourth-order valence-electron chi connectivity index (χ4n) is 1.99. The zero-order valence-corrected chi connectivity index (χ0v) is 9.96. The van der Waals surface area contributed by atoms with Crippen molar-refractivity contribution in [1.29, 1.82) is 0 Å². The molecule has 0 amide bonds. The van der Waals surface area contributed by atoms with Crippen molar-refractivity contribution in [3.63, 3.8) is 0 Å². The minimum atomic E-state index is -1.46. The zero-order chi connectivity index (χ0) is 12.4. The predicted octanol–water partition coefficient (Wildman–Crippen LogP) is 0.228. The number of rotatable bonds is 3. The molecule has 0 saturated carbocycles. The quantitative estimate of drug-likeness (QED) is 0.742. The number of aromatic nitrogens is 2. The van der Waals surface area contributed by atoms with E-state index in [-0.39, 0.29) is 0 Å². The molecule has 2 N–H and O–H groups in total. The Kier molecular flexibility index (Phi) is 3.31. The molecule has 88 valence electrons. The van der Waals surface area contributed by atoms with Gasteiger partial charge >= 0.3 is 7.12 Å². The molecule has 5 heteroatoms. The summed E-state index contributed by atoms with van der Waals surface area (Å²) >= 11 is 0. The van der Waals surface area contributed by atoms with E-state index in [1.54, 1.807) is 11.6 Å². The standard InChI is InChI=1S/C12H15BN2O2/c1-9-12(13(16)17)10(2)15(14-9)8-11-6-4-3-5-7-11/h3-7,16-17H,8H2,1-2H3. The summed E-state index contributed by atoms with van der Waals surface area (Å²) in [4.78, 5) is 0. The molecule has 1 heterocycles. The molecule has 2 rings (SSSR count). The number of nitrogens with zero attached hydrogens (tertiary/aromatic N) is 2. The van der Waals surface area contributed by atoms with E-state index in [1.807, 2.05) is 37.3 Å². The monoisotopic (exact) mass is 230 g/mol. The Bertz CT molecular complexity index is 509. The highest BCUT2D eigenvalue weighted by Crippen LogP contribution is 2.06. The van der Waals surface area contributed by atoms with Crippen molar-refractivity contribution in [2.24, 2.45) is 0 Å². The van der Waals surface area contributed by atoms with Crippen LogP contribution in [0.3, 0.4) is 0 Å². The maximum Gasteiger partial charge on any atom is 0.492 e. The number of hydrogen-bond acceptors (Lipinski definition) is 3. The first-order valence-electron chi connectivity index (χ1n) is 5.53. The molecule has 0 saturated heterocycles. The summed E-state index contributed by atoms with van der Waals surface area (Å²) in [6.07, 6.45) is 0. The molecule has 0 unspecified atom stereocenters. The SMILES string of the molecule is Cc1nn(Cc2ccccc2)c(C)c1B(O)O. The number of hydrogen-bond donors (Lipinski definition) is 2. The molecule has 0 bridgehead atoms. The van der Waals surface area contributed by atoms with E-state index in [2.05, 4.69) is 5.10 Å². The molecule has 0 atom stereocenters. The zero-order valence-electron chi connectivity index (χ0n) is 9.96. The molecule has 0 aliphatic carbocycles. The summed E-state index contributed by atoms with van der Waals surface area (Å²) in [5, 5.41) is 22.9. The Morgan fingerprint density at radius 3 is 2.35 bits per heavy atom. The van der Waals surface area contributed by atoms with Crippen LogP contribution in [0.2, 0.25) is 0 Å². The maximum atomic E-state index is 9.27. The first-order chi connectivity index (χ1) is 8.09. The highest BCUT2D eigenvalue weighted by Gasteiger charge is 2.21. The fourth-order valence-corrected chi connectivity index (χ4v) is 1.99. The van der Waals surface area contributed by atoms with Crippen molar-refractivity contribution < 1.29 is 10.0 Å². The summed E-state index contributed by atoms with van der Waals surface area (Å²) in [6.45, 7) is 4.27. The average molecular weight is 230 g/mol. The van der Waals surface area contributed by atoms with Gasteiger partial charge < -0.3 is 10.0 Å². The van der Waals surface area contributed by atoms with Crippen LogP contribution in [0.1, 0.15) is 17.0 Å². The van der Waals surface area contributed by atoms with Gasteiger partial charge in [-0.1, -0.05) is 30.3 Å². The van der Waals surface area contributed by atoms with Gasteiger partial charge in [-0.05, 0) is 19.4 Å². The maximum absolute atomic E-state index is 9.27. The van der Waals surface area contributed by atoms with Crippen molar-refractivity contribution >= 4 is 12.6 Å². The molecule has 2 aromatic rings. The molecule has 0 radical (unpaired) electrons. The van der Waals surface area contributed by atoms with E-state index in [0.29, 0.717) is 17.7 Å². The smallest absolute Gasteiger partial charge is 0.423 e. The van der Waals surface area contributed by atoms with Crippen LogP contribution in [0.25, 0.3) is 0 Å². The molecule has 4 nitrogen and oxygen atoms in total. The fraction of sp³-hybridized carbons (Fsp3) is 0.250. The van der Waals surface area contributed by atoms with Crippen LogP contribution in [0, 0.1) is 13.8 Å². The van der Waals surface area contributed by atoms with Gasteiger partial charge in [0.15, 0.2) is 0 Å². The van der Waals surface area contributed by atoms with Gasteiger partial charge in [-0.3, -0.25) is 4.68 Å². The minimum Gasteiger partial charge on any atom is -0.423 e. The van der Waals surface area contributed by atoms with Crippen LogP contribution in [0.5, 0.6) is 0 Å². The molecule has 1 aromatic carbocycles. The summed E-state index contributed by atoms with van der Waals surface area (Å²) in [6, 6.07) is 9.95. The second kappa shape index (κ2) is 4.73. The highest BCUT2D eigenvalue weighted by atomic mass is 16.4. The third-order valence-electron chi connectivity index (χ3n) is 2.87. The summed E-state index contributed by atoms with van der Waals surface area (Å²) in [5.74, 6) is 0. The van der Waals surface area contributed by atoms with Crippen molar-refractivity contribution in [3.8, 4) is 0 Å². The van der Waals surface area contributed by atoms with Crippen LogP contribution in [0.4, 0.5) is 0 Å². The lowest BCUT2D eigenvalue weighted by atomic mass is 9.78. The molecule has 0 spiro atoms. The second-order valence-corrected chi connectivity index (χ2v) is 4.10. The van der Waals surface area contributed by atoms with Crippen LogP contribution in [-0.2, 0) is 6.54 Å². The molecule has 0 fully saturated rings. The van der Waals surface area contributed by atoms with Gasteiger partial charge in [-0.2, -0.15) is 5.10 Å². The molecular formula is C12H15BN2O2. The van der Waals surface area contributed by atoms with E-state index in [4.69, 9.17) is 0 Å². The highest BCUT2D eigenvalue weighted by molar-refractivity contribution is 6.59. The number of aryl methyl sites for hydroxylation is 1. The Labute approximate surface area is 101 Å². The lowest BCUT2D eigenvalue weighted by molar-refractivity contribution is 0.425. The molecule has 17 heavy (non-hydrogen) atoms. The summed E-state index contributed by atoms with van der Waals surface area (Å²) in [7, 11) is -1.46. The van der Waals surface area contributed by atoms with Crippen LogP contribution < -0.4 is 5.46 Å². The molecule has 0 aliphatic rings. The van der Waals surface area contributed by atoms with Crippen LogP contribution >= 0.6 is 0 Å². The van der Waals surface area contributed by atoms with Gasteiger partial charge in [0.05, 0.1) is 12.2 Å². The molecule has 1 aromatic heterocycles. The van der Waals surface area contributed by atoms with E-state index in [9.17, 15) is 10.0 Å². The minimum absolute atomic E-state index is 0.501. The van der Waals surface area contributed by atoms with Crippen molar-refractivity contribution in [2.75, 3.05) is 0 Å². The first kappa shape index (κ1) is 11.9. The Morgan fingerprint density at radius 2 is 1.82 bits per heavy atom. The average Bonchev–Trinajstić information content (AvgIpc) is 2.55. The normalized spacial score (nSPS) is 10.6. The van der Waals surface area contributed by atoms with E-state index in [0.717, 1.165) is 11.3 Å². The van der Waals surface area contributed by atoms with Gasteiger partial charge in [-0.25, -0.2) is 0 Å². The van der Waals surface area contributed by atoms with Crippen LogP contribution in [-0.4, -0.2) is 26.9 Å². The lowest BCUT2D eigenvalue weighted by Crippen LogP contribution is -2.33. The van der Waals surface area contributed by atoms with Crippen molar-refractivity contribution in [1.82, 2.24) is 9.78 Å². The number of benzene rings is 1. The van der Waals surface area contributed by atoms with Gasteiger partial charge in [0, 0.05) is 11.2 Å². The third kappa shape index (κ3) is 2.40. The van der Waals surface area contributed by atoms with Crippen molar-refractivity contribution in [3.05, 3.63) is 47.3 Å². The largest absolute Gasteiger partial charge is 0.492 e. The van der Waals surface area contributed by atoms with Gasteiger partial charge in [0.25, 0.3) is 0 Å². The van der Waals surface area contributed by atoms with Crippen LogP contribution in [0.15, 0.2) is 30.3 Å². The van der Waals surface area contributed by atoms with Crippen molar-refractivity contribution in [2.45, 2.75) is 20.4 Å². The van der Waals surface area contributed by atoms with Gasteiger partial charge in [0.1, 0.15) is 0 Å². The van der Waals surface area contributed by atoms with E-state index >= 15 is 0 Å². The van der Waals surface area contributed by atoms with E-state index < -0.39 is 7.12 Å². The molecular weight excluding hydrogens is 215 g/mol. The summed E-state index contributed by atoms with van der Waals surface area (Å²) < 4.78 is 1.79. The third-order valence-corrected chi connectivity index (χ3v) is 2.87. The van der Waals surface area contributed by atoms with Gasteiger partial charge in [0.2, 0.25) is 0 Å². The Morgan fingerprint density at radius 1 is 1.18 bits per heavy atom. The first-order valence-corrected chi connectivity index (χ1v) is 5.53. The Balaban J connectivity index is 2.32. The topological polar surface area (TPSA) is 58.3 Å². The predicted molar refractivity (Wildman–Crippen MR) is 67.1 cm³/mol. The Hall–Kier alpha value is -1.59. The van der Waals surface area contributed by atoms with Gasteiger partial charge in [-0.15, -0.1) is 0 Å². The lowest BCUT2D eigenvalue weighted by Gasteiger charge is -2.05. The summed E-state index contributed by atoms with van der Waals surface area (Å²) in [5.41, 5.74) is 3.09. The van der Waals surface area contributed by atoms with E-state index in [1.165, 1.54) is 0 Å². The molecule has 0 aliphatic heterocycles.